The van der Waals surface area contributed by atoms with E-state index in [2.05, 4.69) is 15.5 Å². The summed E-state index contributed by atoms with van der Waals surface area (Å²) in [5.74, 6) is -0.367. The standard InChI is InChI=1S/C18H21ClN4O4/c1-26-6-5-23-10-14(27-11-17(23)24)9-20-18(25)16-8-15(21-22-16)12-3-2-4-13(19)7-12/h2-4,7-8,14H,5-6,9-11H2,1H3,(H,20,25)(H,21,22). The lowest BCUT2D eigenvalue weighted by Gasteiger charge is -2.32. The van der Waals surface area contributed by atoms with Gasteiger partial charge < -0.3 is 19.7 Å². The Morgan fingerprint density at radius 2 is 2.33 bits per heavy atom. The fraction of sp³-hybridized carbons (Fsp3) is 0.389. The minimum absolute atomic E-state index is 0.00717. The van der Waals surface area contributed by atoms with Crippen molar-refractivity contribution in [3.63, 3.8) is 0 Å². The number of carbonyl (C=O) groups is 2. The molecular weight excluding hydrogens is 372 g/mol. The molecule has 1 unspecified atom stereocenters. The first-order chi connectivity index (χ1) is 13.1. The number of ether oxygens (including phenoxy) is 2. The molecule has 2 amide bonds. The van der Waals surface area contributed by atoms with Gasteiger partial charge in [0.05, 0.1) is 18.4 Å². The summed E-state index contributed by atoms with van der Waals surface area (Å²) >= 11 is 5.99. The molecule has 1 aromatic heterocycles. The van der Waals surface area contributed by atoms with Crippen molar-refractivity contribution >= 4 is 23.4 Å². The molecule has 0 saturated carbocycles. The van der Waals surface area contributed by atoms with Crippen LogP contribution in [-0.4, -0.2) is 73.0 Å². The van der Waals surface area contributed by atoms with Gasteiger partial charge in [0.2, 0.25) is 5.91 Å². The summed E-state index contributed by atoms with van der Waals surface area (Å²) in [6.07, 6.45) is -0.265. The third-order valence-electron chi connectivity index (χ3n) is 4.22. The van der Waals surface area contributed by atoms with E-state index >= 15 is 0 Å². The van der Waals surface area contributed by atoms with Crippen molar-refractivity contribution in [2.75, 3.05) is 40.0 Å². The van der Waals surface area contributed by atoms with Crippen LogP contribution in [0.1, 0.15) is 10.5 Å². The van der Waals surface area contributed by atoms with Crippen molar-refractivity contribution in [1.29, 1.82) is 0 Å². The zero-order valence-electron chi connectivity index (χ0n) is 14.9. The van der Waals surface area contributed by atoms with E-state index in [9.17, 15) is 9.59 Å². The molecule has 2 N–H and O–H groups in total. The number of halogens is 1. The molecule has 1 aliphatic heterocycles. The van der Waals surface area contributed by atoms with Crippen molar-refractivity contribution in [3.05, 3.63) is 41.0 Å². The van der Waals surface area contributed by atoms with Crippen LogP contribution in [0.4, 0.5) is 0 Å². The molecule has 2 heterocycles. The maximum atomic E-state index is 12.4. The van der Waals surface area contributed by atoms with Crippen LogP contribution in [0.25, 0.3) is 11.3 Å². The first kappa shape index (κ1) is 19.3. The number of nitrogens with one attached hydrogen (secondary N) is 2. The number of nitrogens with zero attached hydrogens (tertiary/aromatic N) is 2. The molecule has 9 heteroatoms. The highest BCUT2D eigenvalue weighted by Gasteiger charge is 2.26. The Balaban J connectivity index is 1.54. The number of methoxy groups -OCH3 is 1. The summed E-state index contributed by atoms with van der Waals surface area (Å²) in [6.45, 7) is 1.69. The maximum Gasteiger partial charge on any atom is 0.269 e. The normalized spacial score (nSPS) is 17.2. The van der Waals surface area contributed by atoms with Gasteiger partial charge in [0, 0.05) is 37.3 Å². The number of rotatable bonds is 7. The van der Waals surface area contributed by atoms with Gasteiger partial charge in [-0.2, -0.15) is 5.10 Å². The number of aromatic amines is 1. The van der Waals surface area contributed by atoms with Crippen LogP contribution >= 0.6 is 11.6 Å². The summed E-state index contributed by atoms with van der Waals surface area (Å²) in [7, 11) is 1.59. The second-order valence-electron chi connectivity index (χ2n) is 6.15. The zero-order valence-corrected chi connectivity index (χ0v) is 15.7. The van der Waals surface area contributed by atoms with Gasteiger partial charge in [-0.05, 0) is 18.2 Å². The molecule has 1 saturated heterocycles. The van der Waals surface area contributed by atoms with E-state index < -0.39 is 0 Å². The topological polar surface area (TPSA) is 96.6 Å². The quantitative estimate of drug-likeness (QED) is 0.741. The lowest BCUT2D eigenvalue weighted by Crippen LogP contribution is -2.51. The summed E-state index contributed by atoms with van der Waals surface area (Å²) in [5, 5.41) is 10.3. The van der Waals surface area contributed by atoms with E-state index in [-0.39, 0.29) is 24.5 Å². The average Bonchev–Trinajstić information content (AvgIpc) is 3.16. The first-order valence-corrected chi connectivity index (χ1v) is 8.92. The van der Waals surface area contributed by atoms with Gasteiger partial charge in [0.15, 0.2) is 0 Å². The third kappa shape index (κ3) is 5.06. The minimum Gasteiger partial charge on any atom is -0.383 e. The van der Waals surface area contributed by atoms with Crippen LogP contribution in [0, 0.1) is 0 Å². The molecule has 1 aliphatic rings. The number of morpholine rings is 1. The second kappa shape index (κ2) is 8.98. The largest absolute Gasteiger partial charge is 0.383 e. The number of hydrogen-bond acceptors (Lipinski definition) is 5. The smallest absolute Gasteiger partial charge is 0.269 e. The predicted molar refractivity (Wildman–Crippen MR) is 99.6 cm³/mol. The fourth-order valence-electron chi connectivity index (χ4n) is 2.76. The lowest BCUT2D eigenvalue weighted by molar-refractivity contribution is -0.149. The van der Waals surface area contributed by atoms with E-state index in [0.29, 0.717) is 42.7 Å². The fourth-order valence-corrected chi connectivity index (χ4v) is 2.95. The first-order valence-electron chi connectivity index (χ1n) is 8.54. The van der Waals surface area contributed by atoms with Crippen LogP contribution in [-0.2, 0) is 14.3 Å². The molecule has 0 aliphatic carbocycles. The van der Waals surface area contributed by atoms with Gasteiger partial charge in [-0.15, -0.1) is 0 Å². The van der Waals surface area contributed by atoms with E-state index in [0.717, 1.165) is 5.56 Å². The van der Waals surface area contributed by atoms with Crippen molar-refractivity contribution in [1.82, 2.24) is 20.4 Å². The minimum atomic E-state index is -0.292. The molecule has 1 atom stereocenters. The molecule has 3 rings (SSSR count). The number of benzene rings is 1. The molecule has 8 nitrogen and oxygen atoms in total. The Labute approximate surface area is 161 Å². The number of H-pyrrole nitrogens is 1. The molecule has 0 spiro atoms. The Kier molecular flexibility index (Phi) is 6.44. The predicted octanol–water partition coefficient (Wildman–Crippen LogP) is 1.33. The molecule has 1 aromatic carbocycles. The molecule has 2 aromatic rings. The SMILES string of the molecule is COCCN1CC(CNC(=O)c2cc(-c3cccc(Cl)c3)n[nH]2)OCC1=O. The summed E-state index contributed by atoms with van der Waals surface area (Å²) in [5.41, 5.74) is 1.79. The van der Waals surface area contributed by atoms with Crippen molar-refractivity contribution in [3.8, 4) is 11.3 Å². The van der Waals surface area contributed by atoms with Gasteiger partial charge >= 0.3 is 0 Å². The summed E-state index contributed by atoms with van der Waals surface area (Å²) in [4.78, 5) is 25.8. The van der Waals surface area contributed by atoms with Gasteiger partial charge in [0.25, 0.3) is 5.91 Å². The highest BCUT2D eigenvalue weighted by atomic mass is 35.5. The highest BCUT2D eigenvalue weighted by Crippen LogP contribution is 2.21. The van der Waals surface area contributed by atoms with E-state index in [1.807, 2.05) is 12.1 Å². The molecule has 27 heavy (non-hydrogen) atoms. The van der Waals surface area contributed by atoms with E-state index in [4.69, 9.17) is 21.1 Å². The van der Waals surface area contributed by atoms with Gasteiger partial charge in [-0.3, -0.25) is 14.7 Å². The Morgan fingerprint density at radius 1 is 1.48 bits per heavy atom. The van der Waals surface area contributed by atoms with Crippen LogP contribution < -0.4 is 5.32 Å². The Hall–Kier alpha value is -2.42. The maximum absolute atomic E-state index is 12.4. The van der Waals surface area contributed by atoms with Crippen LogP contribution in [0.2, 0.25) is 5.02 Å². The monoisotopic (exact) mass is 392 g/mol. The molecule has 0 radical (unpaired) electrons. The van der Waals surface area contributed by atoms with E-state index in [1.165, 1.54) is 0 Å². The lowest BCUT2D eigenvalue weighted by atomic mass is 10.1. The van der Waals surface area contributed by atoms with Crippen molar-refractivity contribution in [2.45, 2.75) is 6.10 Å². The molecular formula is C18H21ClN4O4. The van der Waals surface area contributed by atoms with Crippen molar-refractivity contribution in [2.24, 2.45) is 0 Å². The second-order valence-corrected chi connectivity index (χ2v) is 6.59. The van der Waals surface area contributed by atoms with Crippen LogP contribution in [0.5, 0.6) is 0 Å². The zero-order chi connectivity index (χ0) is 19.2. The molecule has 1 fully saturated rings. The average molecular weight is 393 g/mol. The highest BCUT2D eigenvalue weighted by molar-refractivity contribution is 6.30. The number of aromatic nitrogens is 2. The van der Waals surface area contributed by atoms with Crippen molar-refractivity contribution < 1.29 is 19.1 Å². The summed E-state index contributed by atoms with van der Waals surface area (Å²) in [6, 6.07) is 8.91. The number of carbonyl (C=O) groups excluding carboxylic acids is 2. The molecule has 0 bridgehead atoms. The van der Waals surface area contributed by atoms with Crippen LogP contribution in [0.3, 0.4) is 0 Å². The van der Waals surface area contributed by atoms with Gasteiger partial charge in [0.1, 0.15) is 12.3 Å². The van der Waals surface area contributed by atoms with Gasteiger partial charge in [-0.1, -0.05) is 23.7 Å². The number of hydrogen-bond donors (Lipinski definition) is 2. The number of amides is 2. The Morgan fingerprint density at radius 3 is 3.11 bits per heavy atom. The molecule has 144 valence electrons. The van der Waals surface area contributed by atoms with Crippen LogP contribution in [0.15, 0.2) is 30.3 Å². The summed E-state index contributed by atoms with van der Waals surface area (Å²) < 4.78 is 10.5. The Bertz CT molecular complexity index is 810. The van der Waals surface area contributed by atoms with E-state index in [1.54, 1.807) is 30.2 Å². The van der Waals surface area contributed by atoms with Gasteiger partial charge in [-0.25, -0.2) is 0 Å². The third-order valence-corrected chi connectivity index (χ3v) is 4.45.